The van der Waals surface area contributed by atoms with E-state index in [4.69, 9.17) is 5.73 Å². The van der Waals surface area contributed by atoms with E-state index in [1.165, 1.54) is 19.1 Å². The van der Waals surface area contributed by atoms with Gasteiger partial charge < -0.3 is 10.5 Å². The molecule has 0 radical (unpaired) electrons. The van der Waals surface area contributed by atoms with Crippen LogP contribution < -0.4 is 5.73 Å². The molecular weight excluding hydrogens is 338 g/mol. The predicted octanol–water partition coefficient (Wildman–Crippen LogP) is 5.21. The highest BCUT2D eigenvalue weighted by atomic mass is 19.4. The van der Waals surface area contributed by atoms with Crippen LogP contribution in [0.5, 0.6) is 0 Å². The van der Waals surface area contributed by atoms with Crippen molar-refractivity contribution >= 4 is 11.7 Å². The van der Waals surface area contributed by atoms with Gasteiger partial charge in [0.25, 0.3) is 0 Å². The molecule has 0 bridgehead atoms. The van der Waals surface area contributed by atoms with E-state index >= 15 is 0 Å². The summed E-state index contributed by atoms with van der Waals surface area (Å²) in [6.45, 7) is 5.37. The van der Waals surface area contributed by atoms with E-state index in [0.29, 0.717) is 6.07 Å². The second kappa shape index (κ2) is 8.00. The molecule has 0 spiro atoms. The van der Waals surface area contributed by atoms with Gasteiger partial charge in [-0.15, -0.1) is 0 Å². The van der Waals surface area contributed by atoms with Crippen molar-refractivity contribution in [3.63, 3.8) is 0 Å². The topological polar surface area (TPSA) is 52.3 Å². The van der Waals surface area contributed by atoms with Gasteiger partial charge >= 0.3 is 12.1 Å². The minimum atomic E-state index is -4.72. The molecule has 0 atom stereocenters. The zero-order chi connectivity index (χ0) is 19.4. The number of hydrogen-bond acceptors (Lipinski definition) is 3. The molecule has 136 valence electrons. The number of methoxy groups -OCH3 is 1. The molecule has 2 aromatic carbocycles. The van der Waals surface area contributed by atoms with Gasteiger partial charge in [0.1, 0.15) is 5.82 Å². The number of alkyl halides is 3. The molecule has 3 nitrogen and oxygen atoms in total. The molecule has 0 aliphatic heterocycles. The predicted molar refractivity (Wildman–Crippen MR) is 88.7 cm³/mol. The largest absolute Gasteiger partial charge is 0.465 e. The van der Waals surface area contributed by atoms with Crippen LogP contribution >= 0.6 is 0 Å². The molecule has 0 saturated heterocycles. The summed E-state index contributed by atoms with van der Waals surface area (Å²) in [4.78, 5) is 11.6. The molecule has 0 aliphatic carbocycles. The molecule has 0 aromatic heterocycles. The lowest BCUT2D eigenvalue weighted by molar-refractivity contribution is -0.137. The molecular formula is C18H19F4NO2. The average Bonchev–Trinajstić information content (AvgIpc) is 2.58. The van der Waals surface area contributed by atoms with Crippen molar-refractivity contribution in [3.05, 3.63) is 52.8 Å². The molecule has 0 saturated carbocycles. The Morgan fingerprint density at radius 2 is 1.64 bits per heavy atom. The molecule has 2 aromatic rings. The maximum atomic E-state index is 13.4. The molecule has 0 aliphatic rings. The van der Waals surface area contributed by atoms with Crippen LogP contribution in [0.4, 0.5) is 23.2 Å². The Kier molecular flexibility index (Phi) is 6.55. The summed E-state index contributed by atoms with van der Waals surface area (Å²) in [6, 6.07) is 5.22. The van der Waals surface area contributed by atoms with Crippen molar-refractivity contribution in [2.45, 2.75) is 26.9 Å². The Labute approximate surface area is 143 Å². The smallest absolute Gasteiger partial charge is 0.417 e. The fraction of sp³-hybridized carbons (Fsp3) is 0.278. The van der Waals surface area contributed by atoms with Gasteiger partial charge in [0.2, 0.25) is 0 Å². The van der Waals surface area contributed by atoms with Crippen molar-refractivity contribution in [2.24, 2.45) is 0 Å². The van der Waals surface area contributed by atoms with Crippen LogP contribution in [0.3, 0.4) is 0 Å². The summed E-state index contributed by atoms with van der Waals surface area (Å²) in [5.41, 5.74) is 4.34. The quantitative estimate of drug-likeness (QED) is 0.456. The van der Waals surface area contributed by atoms with E-state index in [9.17, 15) is 22.4 Å². The number of nitrogen functional groups attached to an aromatic ring is 1. The molecule has 0 unspecified atom stereocenters. The number of rotatable bonds is 2. The maximum absolute atomic E-state index is 13.4. The first kappa shape index (κ1) is 20.5. The molecule has 25 heavy (non-hydrogen) atoms. The average molecular weight is 357 g/mol. The van der Waals surface area contributed by atoms with Gasteiger partial charge in [-0.05, 0) is 41.8 Å². The lowest BCUT2D eigenvalue weighted by Gasteiger charge is -2.19. The highest BCUT2D eigenvalue weighted by molar-refractivity contribution is 5.98. The van der Waals surface area contributed by atoms with Gasteiger partial charge in [0, 0.05) is 5.69 Å². The van der Waals surface area contributed by atoms with Crippen LogP contribution in [0.2, 0.25) is 0 Å². The second-order valence-electron chi connectivity index (χ2n) is 4.88. The number of hydrogen-bond donors (Lipinski definition) is 1. The fourth-order valence-electron chi connectivity index (χ4n) is 2.32. The summed E-state index contributed by atoms with van der Waals surface area (Å²) in [6.07, 6.45) is -4.72. The van der Waals surface area contributed by atoms with Crippen molar-refractivity contribution in [2.75, 3.05) is 12.8 Å². The van der Waals surface area contributed by atoms with Crippen LogP contribution in [-0.2, 0) is 10.9 Å². The van der Waals surface area contributed by atoms with Crippen molar-refractivity contribution in [1.29, 1.82) is 0 Å². The number of carbonyl (C=O) groups is 1. The van der Waals surface area contributed by atoms with Crippen LogP contribution in [0.1, 0.15) is 35.3 Å². The lowest BCUT2D eigenvalue weighted by Crippen LogP contribution is -2.15. The Morgan fingerprint density at radius 3 is 2.08 bits per heavy atom. The minimum absolute atomic E-state index is 0.0758. The summed E-state index contributed by atoms with van der Waals surface area (Å²) < 4.78 is 57.7. The van der Waals surface area contributed by atoms with Gasteiger partial charge in [-0.3, -0.25) is 0 Å². The first-order chi connectivity index (χ1) is 11.7. The summed E-state index contributed by atoms with van der Waals surface area (Å²) >= 11 is 0. The van der Waals surface area contributed by atoms with E-state index < -0.39 is 23.5 Å². The van der Waals surface area contributed by atoms with E-state index in [2.05, 4.69) is 4.74 Å². The maximum Gasteiger partial charge on any atom is 0.417 e. The Hall–Kier alpha value is -2.57. The molecule has 2 N–H and O–H groups in total. The molecule has 0 fully saturated rings. The van der Waals surface area contributed by atoms with Crippen molar-refractivity contribution < 1.29 is 27.1 Å². The van der Waals surface area contributed by atoms with Crippen molar-refractivity contribution in [1.82, 2.24) is 0 Å². The molecule has 0 amide bonds. The van der Waals surface area contributed by atoms with Crippen molar-refractivity contribution in [3.8, 4) is 11.1 Å². The minimum Gasteiger partial charge on any atom is -0.465 e. The fourth-order valence-corrected chi connectivity index (χ4v) is 2.32. The van der Waals surface area contributed by atoms with Gasteiger partial charge in [0.15, 0.2) is 0 Å². The van der Waals surface area contributed by atoms with Gasteiger partial charge in [0.05, 0.1) is 18.2 Å². The SMILES string of the molecule is CC.COC(=O)c1cc(C(F)(F)F)c(-c2ccc(F)cc2)c(C)c1N. The first-order valence-electron chi connectivity index (χ1n) is 7.51. The summed E-state index contributed by atoms with van der Waals surface area (Å²) in [5.74, 6) is -1.53. The van der Waals surface area contributed by atoms with Crippen LogP contribution in [0.15, 0.2) is 30.3 Å². The van der Waals surface area contributed by atoms with E-state index in [1.54, 1.807) is 0 Å². The summed E-state index contributed by atoms with van der Waals surface area (Å²) in [7, 11) is 1.05. The third-order valence-electron chi connectivity index (χ3n) is 3.47. The van der Waals surface area contributed by atoms with Gasteiger partial charge in [-0.1, -0.05) is 26.0 Å². The number of carbonyl (C=O) groups excluding carboxylic acids is 1. The van der Waals surface area contributed by atoms with E-state index in [1.807, 2.05) is 13.8 Å². The van der Waals surface area contributed by atoms with Crippen LogP contribution in [0, 0.1) is 12.7 Å². The monoisotopic (exact) mass is 357 g/mol. The number of halogens is 4. The third-order valence-corrected chi connectivity index (χ3v) is 3.47. The van der Waals surface area contributed by atoms with Crippen LogP contribution in [0.25, 0.3) is 11.1 Å². The Bertz CT molecular complexity index is 753. The van der Waals surface area contributed by atoms with Gasteiger partial charge in [-0.25, -0.2) is 9.18 Å². The Morgan fingerprint density at radius 1 is 1.12 bits per heavy atom. The van der Waals surface area contributed by atoms with E-state index in [0.717, 1.165) is 19.2 Å². The first-order valence-corrected chi connectivity index (χ1v) is 7.51. The standard InChI is InChI=1S/C16H13F4NO2.C2H6/c1-8-13(9-3-5-10(17)6-4-9)12(16(18,19)20)7-11(14(8)21)15(22)23-2;1-2/h3-7H,21H2,1-2H3;1-2H3. The number of nitrogens with two attached hydrogens (primary N) is 1. The zero-order valence-corrected chi connectivity index (χ0v) is 14.3. The number of esters is 1. The second-order valence-corrected chi connectivity index (χ2v) is 4.88. The highest BCUT2D eigenvalue weighted by Crippen LogP contribution is 2.42. The van der Waals surface area contributed by atoms with Crippen LogP contribution in [-0.4, -0.2) is 13.1 Å². The number of benzene rings is 2. The molecule has 7 heteroatoms. The number of ether oxygens (including phenoxy) is 1. The molecule has 0 heterocycles. The van der Waals surface area contributed by atoms with Gasteiger partial charge in [-0.2, -0.15) is 13.2 Å². The number of anilines is 1. The molecule has 2 rings (SSSR count). The normalized spacial score (nSPS) is 10.7. The third kappa shape index (κ3) is 4.29. The summed E-state index contributed by atoms with van der Waals surface area (Å²) in [5, 5.41) is 0. The van der Waals surface area contributed by atoms with E-state index in [-0.39, 0.29) is 27.9 Å². The lowest BCUT2D eigenvalue weighted by atomic mass is 9.90. The Balaban J connectivity index is 0.00000151. The zero-order valence-electron chi connectivity index (χ0n) is 14.3. The highest BCUT2D eigenvalue weighted by Gasteiger charge is 2.36.